The Bertz CT molecular complexity index is 649. The Labute approximate surface area is 127 Å². The zero-order chi connectivity index (χ0) is 16.4. The van der Waals surface area contributed by atoms with E-state index in [0.29, 0.717) is 16.9 Å². The van der Waals surface area contributed by atoms with Gasteiger partial charge in [-0.1, -0.05) is 0 Å². The Morgan fingerprint density at radius 3 is 2.43 bits per heavy atom. The third-order valence-corrected chi connectivity index (χ3v) is 6.05. The largest absolute Gasteiger partial charge is 0.477 e. The van der Waals surface area contributed by atoms with Crippen molar-refractivity contribution in [2.75, 3.05) is 13.6 Å². The zero-order valence-corrected chi connectivity index (χ0v) is 13.8. The summed E-state index contributed by atoms with van der Waals surface area (Å²) in [5, 5.41) is 11.6. The number of nitrogens with zero attached hydrogens (tertiary/aromatic N) is 1. The zero-order valence-electron chi connectivity index (χ0n) is 12.2. The van der Waals surface area contributed by atoms with Gasteiger partial charge in [-0.05, 0) is 32.4 Å². The van der Waals surface area contributed by atoms with Crippen molar-refractivity contribution >= 4 is 33.2 Å². The van der Waals surface area contributed by atoms with E-state index in [2.05, 4.69) is 5.32 Å². The monoisotopic (exact) mass is 334 g/mol. The van der Waals surface area contributed by atoms with Gasteiger partial charge in [-0.2, -0.15) is 4.31 Å². The number of aryl methyl sites for hydroxylation is 1. The van der Waals surface area contributed by atoms with Gasteiger partial charge in [0.15, 0.2) is 0 Å². The molecule has 0 fully saturated rings. The lowest BCUT2D eigenvalue weighted by Gasteiger charge is -2.16. The lowest BCUT2D eigenvalue weighted by Crippen LogP contribution is -2.40. The van der Waals surface area contributed by atoms with Gasteiger partial charge in [0.05, 0.1) is 6.54 Å². The van der Waals surface area contributed by atoms with Crippen LogP contribution >= 0.6 is 11.3 Å². The first kappa shape index (κ1) is 17.6. The highest BCUT2D eigenvalue weighted by Crippen LogP contribution is 2.27. The fraction of sp³-hybridized carbons (Fsp3) is 0.500. The molecule has 21 heavy (non-hydrogen) atoms. The summed E-state index contributed by atoms with van der Waals surface area (Å²) in [6, 6.07) is 1.22. The Kier molecular flexibility index (Phi) is 5.48. The second kappa shape index (κ2) is 6.54. The minimum absolute atomic E-state index is 0.0198. The quantitative estimate of drug-likeness (QED) is 0.804. The van der Waals surface area contributed by atoms with Gasteiger partial charge in [-0.15, -0.1) is 11.3 Å². The molecule has 0 aliphatic heterocycles. The molecule has 0 unspecified atom stereocenters. The molecule has 2 N–H and O–H groups in total. The molecule has 0 spiro atoms. The maximum Gasteiger partial charge on any atom is 0.346 e. The van der Waals surface area contributed by atoms with E-state index in [-0.39, 0.29) is 21.7 Å². The van der Waals surface area contributed by atoms with Crippen molar-refractivity contribution in [2.24, 2.45) is 0 Å². The molecule has 0 aromatic carbocycles. The highest BCUT2D eigenvalue weighted by molar-refractivity contribution is 7.91. The number of amides is 1. The van der Waals surface area contributed by atoms with Crippen LogP contribution in [0.2, 0.25) is 0 Å². The average molecular weight is 334 g/mol. The molecule has 0 aliphatic carbocycles. The van der Waals surface area contributed by atoms with E-state index >= 15 is 0 Å². The first-order valence-electron chi connectivity index (χ1n) is 6.15. The lowest BCUT2D eigenvalue weighted by molar-refractivity contribution is -0.121. The summed E-state index contributed by atoms with van der Waals surface area (Å²) in [6.07, 6.45) is 0. The van der Waals surface area contributed by atoms with Gasteiger partial charge in [-0.3, -0.25) is 4.79 Å². The van der Waals surface area contributed by atoms with Gasteiger partial charge in [0, 0.05) is 13.1 Å². The smallest absolute Gasteiger partial charge is 0.346 e. The number of carbonyl (C=O) groups excluding carboxylic acids is 1. The molecule has 0 bridgehead atoms. The molecule has 1 aromatic heterocycles. The molecule has 0 atom stereocenters. The number of carbonyl (C=O) groups is 2. The number of hydrogen-bond acceptors (Lipinski definition) is 5. The fourth-order valence-corrected chi connectivity index (χ4v) is 4.32. The third kappa shape index (κ3) is 4.26. The normalized spacial score (nSPS) is 11.9. The molecule has 1 heterocycles. The molecular formula is C12H18N2O5S2. The Hall–Kier alpha value is -1.45. The first-order chi connectivity index (χ1) is 9.55. The highest BCUT2D eigenvalue weighted by atomic mass is 32.2. The highest BCUT2D eigenvalue weighted by Gasteiger charge is 2.27. The molecule has 0 saturated heterocycles. The van der Waals surface area contributed by atoms with Crippen LogP contribution in [0, 0.1) is 6.92 Å². The molecule has 0 radical (unpaired) electrons. The lowest BCUT2D eigenvalue weighted by atomic mass is 10.3. The maximum atomic E-state index is 12.3. The number of carboxylic acid groups (broad SMARTS) is 1. The predicted octanol–water partition coefficient (Wildman–Crippen LogP) is 0.900. The standard InChI is InChI=1S/C12H18N2O5S2/c1-7(2)13-9(15)6-14(4)21(18,19)10-5-8(3)11(20-10)12(16)17/h5,7H,6H2,1-4H3,(H,13,15)(H,16,17). The second-order valence-corrected chi connectivity index (χ2v) is 8.19. The van der Waals surface area contributed by atoms with Crippen molar-refractivity contribution in [1.29, 1.82) is 0 Å². The van der Waals surface area contributed by atoms with Gasteiger partial charge >= 0.3 is 5.97 Å². The van der Waals surface area contributed by atoms with Gasteiger partial charge in [0.25, 0.3) is 10.0 Å². The summed E-state index contributed by atoms with van der Waals surface area (Å²) in [6.45, 7) is 4.76. The fourth-order valence-electron chi connectivity index (χ4n) is 1.60. The van der Waals surface area contributed by atoms with Crippen LogP contribution in [0.15, 0.2) is 10.3 Å². The van der Waals surface area contributed by atoms with Crippen molar-refractivity contribution in [3.63, 3.8) is 0 Å². The summed E-state index contributed by atoms with van der Waals surface area (Å²) in [4.78, 5) is 22.6. The van der Waals surface area contributed by atoms with Crippen molar-refractivity contribution < 1.29 is 23.1 Å². The van der Waals surface area contributed by atoms with E-state index < -0.39 is 21.9 Å². The topological polar surface area (TPSA) is 104 Å². The molecule has 7 nitrogen and oxygen atoms in total. The Balaban J connectivity index is 2.97. The van der Waals surface area contributed by atoms with E-state index in [0.717, 1.165) is 4.31 Å². The van der Waals surface area contributed by atoms with E-state index in [9.17, 15) is 18.0 Å². The number of sulfonamides is 1. The number of thiophene rings is 1. The van der Waals surface area contributed by atoms with E-state index in [1.54, 1.807) is 13.8 Å². The van der Waals surface area contributed by atoms with Crippen LogP contribution in [0.5, 0.6) is 0 Å². The molecule has 1 rings (SSSR count). The van der Waals surface area contributed by atoms with Crippen LogP contribution in [0.4, 0.5) is 0 Å². The summed E-state index contributed by atoms with van der Waals surface area (Å²) in [5.74, 6) is -1.58. The van der Waals surface area contributed by atoms with E-state index in [1.807, 2.05) is 0 Å². The van der Waals surface area contributed by atoms with Crippen LogP contribution in [0.25, 0.3) is 0 Å². The number of nitrogens with one attached hydrogen (secondary N) is 1. The molecule has 1 aromatic rings. The first-order valence-corrected chi connectivity index (χ1v) is 8.40. The number of hydrogen-bond donors (Lipinski definition) is 2. The predicted molar refractivity (Wildman–Crippen MR) is 79.1 cm³/mol. The number of aromatic carboxylic acids is 1. The molecule has 118 valence electrons. The van der Waals surface area contributed by atoms with Crippen molar-refractivity contribution in [1.82, 2.24) is 9.62 Å². The molecule has 0 saturated carbocycles. The van der Waals surface area contributed by atoms with Gasteiger partial charge in [-0.25, -0.2) is 13.2 Å². The van der Waals surface area contributed by atoms with E-state index in [4.69, 9.17) is 5.11 Å². The van der Waals surface area contributed by atoms with Crippen LogP contribution in [0.3, 0.4) is 0 Å². The Morgan fingerprint density at radius 2 is 2.00 bits per heavy atom. The number of likely N-dealkylation sites (N-methyl/N-ethyl adjacent to an activating group) is 1. The number of rotatable bonds is 6. The molecule has 1 amide bonds. The van der Waals surface area contributed by atoms with Gasteiger partial charge < -0.3 is 10.4 Å². The van der Waals surface area contributed by atoms with Gasteiger partial charge in [0.1, 0.15) is 9.09 Å². The average Bonchev–Trinajstić information content (AvgIpc) is 2.70. The minimum atomic E-state index is -3.88. The van der Waals surface area contributed by atoms with Gasteiger partial charge in [0.2, 0.25) is 5.91 Å². The van der Waals surface area contributed by atoms with Crippen LogP contribution < -0.4 is 5.32 Å². The summed E-state index contributed by atoms with van der Waals surface area (Å²) >= 11 is 0.683. The van der Waals surface area contributed by atoms with Crippen molar-refractivity contribution in [3.8, 4) is 0 Å². The van der Waals surface area contributed by atoms with Crippen LogP contribution in [-0.4, -0.2) is 49.3 Å². The Morgan fingerprint density at radius 1 is 1.43 bits per heavy atom. The van der Waals surface area contributed by atoms with Crippen molar-refractivity contribution in [2.45, 2.75) is 31.0 Å². The van der Waals surface area contributed by atoms with E-state index in [1.165, 1.54) is 20.0 Å². The number of carboxylic acids is 1. The summed E-state index contributed by atoms with van der Waals surface area (Å²) < 4.78 is 25.4. The SMILES string of the molecule is Cc1cc(S(=O)(=O)N(C)CC(=O)NC(C)C)sc1C(=O)O. The second-order valence-electron chi connectivity index (χ2n) is 4.87. The maximum absolute atomic E-state index is 12.3. The van der Waals surface area contributed by atoms with Crippen molar-refractivity contribution in [3.05, 3.63) is 16.5 Å². The molecule has 0 aliphatic rings. The molecular weight excluding hydrogens is 316 g/mol. The molecule has 9 heteroatoms. The third-order valence-electron chi connectivity index (χ3n) is 2.57. The summed E-state index contributed by atoms with van der Waals surface area (Å²) in [5.41, 5.74) is 0.381. The van der Waals surface area contributed by atoms with Crippen LogP contribution in [0.1, 0.15) is 29.1 Å². The minimum Gasteiger partial charge on any atom is -0.477 e. The van der Waals surface area contributed by atoms with Crippen LogP contribution in [-0.2, 0) is 14.8 Å². The summed E-state index contributed by atoms with van der Waals surface area (Å²) in [7, 11) is -2.59.